The monoisotopic (exact) mass is 245 g/mol. The third-order valence-corrected chi connectivity index (χ3v) is 3.61. The Morgan fingerprint density at radius 3 is 2.65 bits per heavy atom. The van der Waals surface area contributed by atoms with Crippen molar-refractivity contribution in [1.29, 1.82) is 0 Å². The molecule has 1 atom stereocenters. The van der Waals surface area contributed by atoms with Crippen molar-refractivity contribution in [2.24, 2.45) is 0 Å². The maximum absolute atomic E-state index is 11.8. The van der Waals surface area contributed by atoms with Gasteiger partial charge in [-0.05, 0) is 23.9 Å². The van der Waals surface area contributed by atoms with Crippen LogP contribution in [0.25, 0.3) is 0 Å². The molecule has 88 valence electrons. The van der Waals surface area contributed by atoms with Crippen LogP contribution >= 0.6 is 11.3 Å². The summed E-state index contributed by atoms with van der Waals surface area (Å²) >= 11 is 1.66. The standard InChI is InChI=1S/C14H15NOS/c1-11(13-8-5-9-17-13)15-14(16)10-12-6-3-2-4-7-12/h2-9,11H,10H2,1H3,(H,15,16). The fourth-order valence-corrected chi connectivity index (χ4v) is 2.42. The van der Waals surface area contributed by atoms with Gasteiger partial charge in [0.05, 0.1) is 12.5 Å². The van der Waals surface area contributed by atoms with Crippen molar-refractivity contribution in [3.05, 3.63) is 58.3 Å². The van der Waals surface area contributed by atoms with Gasteiger partial charge >= 0.3 is 0 Å². The normalized spacial score (nSPS) is 12.1. The SMILES string of the molecule is CC(NC(=O)Cc1ccccc1)c1cccs1. The highest BCUT2D eigenvalue weighted by Gasteiger charge is 2.10. The fraction of sp³-hybridized carbons (Fsp3) is 0.214. The summed E-state index contributed by atoms with van der Waals surface area (Å²) in [4.78, 5) is 13.0. The van der Waals surface area contributed by atoms with Crippen LogP contribution < -0.4 is 5.32 Å². The van der Waals surface area contributed by atoms with Crippen LogP contribution in [0.2, 0.25) is 0 Å². The van der Waals surface area contributed by atoms with Crippen molar-refractivity contribution in [2.75, 3.05) is 0 Å². The summed E-state index contributed by atoms with van der Waals surface area (Å²) in [6.07, 6.45) is 0.441. The number of hydrogen-bond donors (Lipinski definition) is 1. The summed E-state index contributed by atoms with van der Waals surface area (Å²) in [5.41, 5.74) is 1.04. The predicted molar refractivity (Wildman–Crippen MR) is 71.0 cm³/mol. The van der Waals surface area contributed by atoms with Crippen LogP contribution in [0.1, 0.15) is 23.4 Å². The number of carbonyl (C=O) groups excluding carboxylic acids is 1. The molecule has 1 N–H and O–H groups in total. The molecule has 0 spiro atoms. The maximum atomic E-state index is 11.8. The zero-order valence-corrected chi connectivity index (χ0v) is 10.5. The lowest BCUT2D eigenvalue weighted by Crippen LogP contribution is -2.27. The van der Waals surface area contributed by atoms with E-state index in [1.165, 1.54) is 4.88 Å². The Bertz CT molecular complexity index is 464. The number of benzene rings is 1. The largest absolute Gasteiger partial charge is 0.348 e. The predicted octanol–water partition coefficient (Wildman–Crippen LogP) is 3.17. The molecule has 3 heteroatoms. The second-order valence-electron chi connectivity index (χ2n) is 3.97. The number of carbonyl (C=O) groups is 1. The van der Waals surface area contributed by atoms with Crippen molar-refractivity contribution in [3.63, 3.8) is 0 Å². The third-order valence-electron chi connectivity index (χ3n) is 2.55. The van der Waals surface area contributed by atoms with Crippen LogP contribution in [0.3, 0.4) is 0 Å². The highest BCUT2D eigenvalue weighted by molar-refractivity contribution is 7.10. The molecule has 1 unspecified atom stereocenters. The van der Waals surface area contributed by atoms with Gasteiger partial charge in [0.25, 0.3) is 0 Å². The minimum absolute atomic E-state index is 0.0668. The molecule has 1 aromatic carbocycles. The molecule has 0 fully saturated rings. The number of nitrogens with one attached hydrogen (secondary N) is 1. The second kappa shape index (κ2) is 5.64. The van der Waals surface area contributed by atoms with E-state index in [0.717, 1.165) is 5.56 Å². The van der Waals surface area contributed by atoms with Crippen LogP contribution in [0, 0.1) is 0 Å². The summed E-state index contributed by atoms with van der Waals surface area (Å²) < 4.78 is 0. The van der Waals surface area contributed by atoms with E-state index in [-0.39, 0.29) is 11.9 Å². The minimum Gasteiger partial charge on any atom is -0.348 e. The Kier molecular flexibility index (Phi) is 3.94. The first-order valence-electron chi connectivity index (χ1n) is 5.62. The van der Waals surface area contributed by atoms with Gasteiger partial charge in [0.15, 0.2) is 0 Å². The van der Waals surface area contributed by atoms with Crippen LogP contribution in [0.15, 0.2) is 47.8 Å². The number of hydrogen-bond acceptors (Lipinski definition) is 2. The lowest BCUT2D eigenvalue weighted by molar-refractivity contribution is -0.121. The fourth-order valence-electron chi connectivity index (χ4n) is 1.68. The first kappa shape index (κ1) is 11.9. The van der Waals surface area contributed by atoms with E-state index in [1.807, 2.05) is 54.8 Å². The van der Waals surface area contributed by atoms with Gasteiger partial charge in [0, 0.05) is 4.88 Å². The van der Waals surface area contributed by atoms with Crippen molar-refractivity contribution in [3.8, 4) is 0 Å². The van der Waals surface area contributed by atoms with Crippen LogP contribution in [-0.2, 0) is 11.2 Å². The van der Waals surface area contributed by atoms with Crippen molar-refractivity contribution < 1.29 is 4.79 Å². The summed E-state index contributed by atoms with van der Waals surface area (Å²) in [6, 6.07) is 13.9. The third kappa shape index (κ3) is 3.43. The Hall–Kier alpha value is -1.61. The number of amides is 1. The van der Waals surface area contributed by atoms with E-state index in [0.29, 0.717) is 6.42 Å². The van der Waals surface area contributed by atoms with Crippen LogP contribution in [-0.4, -0.2) is 5.91 Å². The Labute approximate surface area is 105 Å². The van der Waals surface area contributed by atoms with E-state index in [9.17, 15) is 4.79 Å². The average Bonchev–Trinajstić information content (AvgIpc) is 2.83. The molecule has 0 saturated heterocycles. The van der Waals surface area contributed by atoms with Crippen molar-refractivity contribution in [1.82, 2.24) is 5.32 Å². The van der Waals surface area contributed by atoms with E-state index >= 15 is 0 Å². The van der Waals surface area contributed by atoms with Crippen molar-refractivity contribution >= 4 is 17.2 Å². The van der Waals surface area contributed by atoms with Gasteiger partial charge in [-0.25, -0.2) is 0 Å². The van der Waals surface area contributed by atoms with E-state index in [2.05, 4.69) is 5.32 Å². The van der Waals surface area contributed by atoms with Gasteiger partial charge < -0.3 is 5.32 Å². The van der Waals surface area contributed by atoms with Gasteiger partial charge in [-0.15, -0.1) is 11.3 Å². The Morgan fingerprint density at radius 2 is 2.00 bits per heavy atom. The first-order chi connectivity index (χ1) is 8.25. The first-order valence-corrected chi connectivity index (χ1v) is 6.50. The molecule has 2 rings (SSSR count). The quantitative estimate of drug-likeness (QED) is 0.880. The smallest absolute Gasteiger partial charge is 0.224 e. The van der Waals surface area contributed by atoms with Crippen LogP contribution in [0.4, 0.5) is 0 Å². The molecule has 0 aliphatic rings. The second-order valence-corrected chi connectivity index (χ2v) is 4.95. The van der Waals surface area contributed by atoms with Gasteiger partial charge in [-0.3, -0.25) is 4.79 Å². The Balaban J connectivity index is 1.90. The van der Waals surface area contributed by atoms with Crippen molar-refractivity contribution in [2.45, 2.75) is 19.4 Å². The van der Waals surface area contributed by atoms with Gasteiger partial charge in [0.1, 0.15) is 0 Å². The highest BCUT2D eigenvalue weighted by Crippen LogP contribution is 2.18. The number of rotatable bonds is 4. The molecule has 2 nitrogen and oxygen atoms in total. The Morgan fingerprint density at radius 1 is 1.24 bits per heavy atom. The summed E-state index contributed by atoms with van der Waals surface area (Å²) in [5, 5.41) is 5.03. The molecule has 1 amide bonds. The lowest BCUT2D eigenvalue weighted by Gasteiger charge is -2.12. The van der Waals surface area contributed by atoms with Gasteiger partial charge in [-0.1, -0.05) is 36.4 Å². The lowest BCUT2D eigenvalue weighted by atomic mass is 10.1. The minimum atomic E-state index is 0.0668. The molecule has 0 aliphatic heterocycles. The molecular weight excluding hydrogens is 230 g/mol. The average molecular weight is 245 g/mol. The molecule has 0 aliphatic carbocycles. The van der Waals surface area contributed by atoms with E-state index in [4.69, 9.17) is 0 Å². The molecule has 0 bridgehead atoms. The highest BCUT2D eigenvalue weighted by atomic mass is 32.1. The molecular formula is C14H15NOS. The summed E-state index contributed by atoms with van der Waals surface area (Å²) in [5.74, 6) is 0.0668. The zero-order chi connectivity index (χ0) is 12.1. The molecule has 17 heavy (non-hydrogen) atoms. The zero-order valence-electron chi connectivity index (χ0n) is 9.72. The topological polar surface area (TPSA) is 29.1 Å². The maximum Gasteiger partial charge on any atom is 0.224 e. The van der Waals surface area contributed by atoms with E-state index in [1.54, 1.807) is 11.3 Å². The molecule has 1 heterocycles. The summed E-state index contributed by atoms with van der Waals surface area (Å²) in [7, 11) is 0. The molecule has 1 aromatic heterocycles. The van der Waals surface area contributed by atoms with E-state index < -0.39 is 0 Å². The van der Waals surface area contributed by atoms with Crippen LogP contribution in [0.5, 0.6) is 0 Å². The van der Waals surface area contributed by atoms with Gasteiger partial charge in [0.2, 0.25) is 5.91 Å². The molecule has 2 aromatic rings. The molecule has 0 radical (unpaired) electrons. The summed E-state index contributed by atoms with van der Waals surface area (Å²) in [6.45, 7) is 2.01. The molecule has 0 saturated carbocycles. The van der Waals surface area contributed by atoms with Gasteiger partial charge in [-0.2, -0.15) is 0 Å². The number of thiophene rings is 1.